The molecule has 1 amide bonds. The highest BCUT2D eigenvalue weighted by molar-refractivity contribution is 5.94. The number of aromatic amines is 1. The molecule has 158 valence electrons. The number of hydrogen-bond acceptors (Lipinski definition) is 5. The molecule has 3 aromatic heterocycles. The van der Waals surface area contributed by atoms with Gasteiger partial charge in [0.1, 0.15) is 5.65 Å². The SMILES string of the molecule is Cc1nn(-c2ccccc2)c(C)c1NC(=O)COC(=O)Cc1c(C)[nH]c2ncccc12. The first-order valence-electron chi connectivity index (χ1n) is 9.93. The molecule has 3 heterocycles. The van der Waals surface area contributed by atoms with Crippen LogP contribution in [0.2, 0.25) is 0 Å². The van der Waals surface area contributed by atoms with Gasteiger partial charge in [-0.3, -0.25) is 9.59 Å². The molecule has 0 unspecified atom stereocenters. The molecule has 8 heteroatoms. The normalized spacial score (nSPS) is 10.9. The second-order valence-electron chi connectivity index (χ2n) is 7.31. The summed E-state index contributed by atoms with van der Waals surface area (Å²) < 4.78 is 6.98. The molecule has 0 bridgehead atoms. The van der Waals surface area contributed by atoms with Crippen molar-refractivity contribution in [3.05, 3.63) is 71.3 Å². The minimum Gasteiger partial charge on any atom is -0.455 e. The van der Waals surface area contributed by atoms with Crippen molar-refractivity contribution in [1.82, 2.24) is 19.7 Å². The molecule has 4 aromatic rings. The number of nitrogens with one attached hydrogen (secondary N) is 2. The number of rotatable bonds is 6. The first kappa shape index (κ1) is 20.3. The van der Waals surface area contributed by atoms with Crippen LogP contribution in [-0.4, -0.2) is 38.2 Å². The molecule has 8 nitrogen and oxygen atoms in total. The summed E-state index contributed by atoms with van der Waals surface area (Å²) in [6, 6.07) is 13.4. The second-order valence-corrected chi connectivity index (χ2v) is 7.31. The van der Waals surface area contributed by atoms with Crippen molar-refractivity contribution in [2.45, 2.75) is 27.2 Å². The standard InChI is InChI=1S/C23H23N5O3/c1-14-19(18-10-7-11-24-23(18)25-14)12-21(30)31-13-20(29)26-22-15(2)27-28(16(22)3)17-8-5-4-6-9-17/h4-11H,12-13H2,1-3H3,(H,24,25)(H,26,29). The minimum absolute atomic E-state index is 0.0643. The lowest BCUT2D eigenvalue weighted by atomic mass is 10.1. The van der Waals surface area contributed by atoms with Gasteiger partial charge in [0.25, 0.3) is 5.91 Å². The first-order chi connectivity index (χ1) is 14.9. The third-order valence-corrected chi connectivity index (χ3v) is 5.13. The lowest BCUT2D eigenvalue weighted by Gasteiger charge is -2.08. The van der Waals surface area contributed by atoms with E-state index >= 15 is 0 Å². The molecule has 0 aliphatic carbocycles. The molecule has 1 aromatic carbocycles. The number of pyridine rings is 1. The maximum atomic E-state index is 12.4. The predicted molar refractivity (Wildman–Crippen MR) is 117 cm³/mol. The van der Waals surface area contributed by atoms with Gasteiger partial charge in [0.05, 0.1) is 29.2 Å². The molecule has 2 N–H and O–H groups in total. The number of carbonyl (C=O) groups excluding carboxylic acids is 2. The second kappa shape index (κ2) is 8.43. The first-order valence-corrected chi connectivity index (χ1v) is 9.93. The topological polar surface area (TPSA) is 102 Å². The average molecular weight is 417 g/mol. The van der Waals surface area contributed by atoms with E-state index in [1.165, 1.54) is 0 Å². The third-order valence-electron chi connectivity index (χ3n) is 5.13. The van der Waals surface area contributed by atoms with Crippen molar-refractivity contribution >= 4 is 28.6 Å². The summed E-state index contributed by atoms with van der Waals surface area (Å²) in [6.07, 6.45) is 1.75. The van der Waals surface area contributed by atoms with E-state index in [9.17, 15) is 9.59 Å². The van der Waals surface area contributed by atoms with Gasteiger partial charge >= 0.3 is 5.97 Å². The van der Waals surface area contributed by atoms with Gasteiger partial charge in [-0.15, -0.1) is 0 Å². The molecule has 0 radical (unpaired) electrons. The molecule has 0 saturated heterocycles. The number of H-pyrrole nitrogens is 1. The zero-order valence-corrected chi connectivity index (χ0v) is 17.6. The highest BCUT2D eigenvalue weighted by Gasteiger charge is 2.18. The zero-order chi connectivity index (χ0) is 22.0. The summed E-state index contributed by atoms with van der Waals surface area (Å²) in [5, 5.41) is 8.19. The molecule has 0 fully saturated rings. The molecule has 4 rings (SSSR count). The third kappa shape index (κ3) is 4.18. The van der Waals surface area contributed by atoms with Gasteiger partial charge in [-0.1, -0.05) is 18.2 Å². The van der Waals surface area contributed by atoms with Crippen LogP contribution in [0.4, 0.5) is 5.69 Å². The van der Waals surface area contributed by atoms with Crippen molar-refractivity contribution in [1.29, 1.82) is 0 Å². The smallest absolute Gasteiger partial charge is 0.310 e. The lowest BCUT2D eigenvalue weighted by Crippen LogP contribution is -2.22. The van der Waals surface area contributed by atoms with Crippen LogP contribution in [0.25, 0.3) is 16.7 Å². The van der Waals surface area contributed by atoms with Crippen LogP contribution in [0, 0.1) is 20.8 Å². The molecule has 0 spiro atoms. The van der Waals surface area contributed by atoms with Crippen LogP contribution < -0.4 is 5.32 Å². The Morgan fingerprint density at radius 1 is 1.10 bits per heavy atom. The van der Waals surface area contributed by atoms with Gasteiger partial charge in [0.15, 0.2) is 6.61 Å². The fraction of sp³-hybridized carbons (Fsp3) is 0.217. The van der Waals surface area contributed by atoms with E-state index in [1.807, 2.05) is 63.2 Å². The van der Waals surface area contributed by atoms with Gasteiger partial charge in [0.2, 0.25) is 0 Å². The summed E-state index contributed by atoms with van der Waals surface area (Å²) in [5.41, 5.74) is 5.40. The Bertz CT molecular complexity index is 1260. The number of fused-ring (bicyclic) bond motifs is 1. The van der Waals surface area contributed by atoms with Gasteiger partial charge in [-0.2, -0.15) is 5.10 Å². The van der Waals surface area contributed by atoms with Crippen LogP contribution in [0.5, 0.6) is 0 Å². The van der Waals surface area contributed by atoms with Crippen molar-refractivity contribution in [2.75, 3.05) is 11.9 Å². The van der Waals surface area contributed by atoms with Crippen LogP contribution >= 0.6 is 0 Å². The summed E-state index contributed by atoms with van der Waals surface area (Å²) >= 11 is 0. The number of hydrogen-bond donors (Lipinski definition) is 2. The highest BCUT2D eigenvalue weighted by Crippen LogP contribution is 2.23. The molecular weight excluding hydrogens is 394 g/mol. The van der Waals surface area contributed by atoms with E-state index in [2.05, 4.69) is 20.4 Å². The van der Waals surface area contributed by atoms with Gasteiger partial charge in [0, 0.05) is 17.3 Å². The van der Waals surface area contributed by atoms with E-state index in [0.717, 1.165) is 33.7 Å². The van der Waals surface area contributed by atoms with E-state index in [-0.39, 0.29) is 13.0 Å². The van der Waals surface area contributed by atoms with Crippen molar-refractivity contribution in [2.24, 2.45) is 0 Å². The number of anilines is 1. The number of aryl methyl sites for hydroxylation is 2. The molecule has 0 aliphatic heterocycles. The Labute approximate surface area is 179 Å². The van der Waals surface area contributed by atoms with Crippen molar-refractivity contribution in [3.8, 4) is 5.69 Å². The summed E-state index contributed by atoms with van der Waals surface area (Å²) in [6.45, 7) is 5.21. The number of amides is 1. The van der Waals surface area contributed by atoms with Crippen LogP contribution in [0.1, 0.15) is 22.6 Å². The Morgan fingerprint density at radius 2 is 1.87 bits per heavy atom. The van der Waals surface area contributed by atoms with Crippen molar-refractivity contribution < 1.29 is 14.3 Å². The van der Waals surface area contributed by atoms with Crippen LogP contribution in [0.15, 0.2) is 48.7 Å². The Kier molecular flexibility index (Phi) is 5.53. The number of ether oxygens (including phenoxy) is 1. The number of benzene rings is 1. The quantitative estimate of drug-likeness (QED) is 0.468. The number of esters is 1. The van der Waals surface area contributed by atoms with Gasteiger partial charge < -0.3 is 15.0 Å². The Balaban J connectivity index is 1.39. The van der Waals surface area contributed by atoms with Gasteiger partial charge in [-0.25, -0.2) is 9.67 Å². The number of aromatic nitrogens is 4. The minimum atomic E-state index is -0.476. The number of nitrogens with zero attached hydrogens (tertiary/aromatic N) is 3. The zero-order valence-electron chi connectivity index (χ0n) is 17.6. The fourth-order valence-corrected chi connectivity index (χ4v) is 3.59. The predicted octanol–water partition coefficient (Wildman–Crippen LogP) is 3.40. The van der Waals surface area contributed by atoms with Crippen LogP contribution in [-0.2, 0) is 20.7 Å². The average Bonchev–Trinajstić information content (AvgIpc) is 3.23. The number of carbonyl (C=O) groups is 2. The molecule has 0 saturated carbocycles. The largest absolute Gasteiger partial charge is 0.455 e. The van der Waals surface area contributed by atoms with E-state index < -0.39 is 11.9 Å². The van der Waals surface area contributed by atoms with E-state index in [4.69, 9.17) is 4.74 Å². The lowest BCUT2D eigenvalue weighted by molar-refractivity contribution is -0.146. The molecule has 31 heavy (non-hydrogen) atoms. The summed E-state index contributed by atoms with van der Waals surface area (Å²) in [4.78, 5) is 32.1. The van der Waals surface area contributed by atoms with Crippen LogP contribution in [0.3, 0.4) is 0 Å². The van der Waals surface area contributed by atoms with E-state index in [0.29, 0.717) is 11.4 Å². The number of para-hydroxylation sites is 1. The summed E-state index contributed by atoms with van der Waals surface area (Å²) in [7, 11) is 0. The molecule has 0 aliphatic rings. The highest BCUT2D eigenvalue weighted by atomic mass is 16.5. The fourth-order valence-electron chi connectivity index (χ4n) is 3.59. The molecule has 0 atom stereocenters. The molecular formula is C23H23N5O3. The van der Waals surface area contributed by atoms with E-state index in [1.54, 1.807) is 10.9 Å². The Morgan fingerprint density at radius 3 is 2.65 bits per heavy atom. The maximum Gasteiger partial charge on any atom is 0.310 e. The monoisotopic (exact) mass is 417 g/mol. The Hall–Kier alpha value is -3.94. The maximum absolute atomic E-state index is 12.4. The van der Waals surface area contributed by atoms with Crippen molar-refractivity contribution in [3.63, 3.8) is 0 Å². The van der Waals surface area contributed by atoms with Gasteiger partial charge in [-0.05, 0) is 50.6 Å². The summed E-state index contributed by atoms with van der Waals surface area (Å²) in [5.74, 6) is -0.888.